The summed E-state index contributed by atoms with van der Waals surface area (Å²) >= 11 is 2.05. The largest absolute Gasteiger partial charge is 0.361 e. The zero-order valence-corrected chi connectivity index (χ0v) is 20.0. The fourth-order valence-electron chi connectivity index (χ4n) is 4.02. The third-order valence-electron chi connectivity index (χ3n) is 5.31. The predicted molar refractivity (Wildman–Crippen MR) is 118 cm³/mol. The van der Waals surface area contributed by atoms with E-state index in [0.717, 1.165) is 5.69 Å². The van der Waals surface area contributed by atoms with Gasteiger partial charge >= 0.3 is 0 Å². The van der Waals surface area contributed by atoms with Gasteiger partial charge in [-0.05, 0) is 20.8 Å². The first-order chi connectivity index (χ1) is 15.3. The minimum absolute atomic E-state index is 0.276. The SMILES string of the molecule is CNC(=O)[C@H]1O[C@@H](n2cnc3c(NCc4cc(C)no4)nc(I)nc32)[C@@H]2OC(C)(C)O[C@@H]21. The maximum Gasteiger partial charge on any atom is 0.251 e. The monoisotopic (exact) mass is 555 g/mol. The molecule has 2 saturated heterocycles. The van der Waals surface area contributed by atoms with Crippen molar-refractivity contribution in [2.45, 2.75) is 57.6 Å². The molecule has 2 aliphatic rings. The fraction of sp³-hybridized carbons (Fsp3) is 0.526. The van der Waals surface area contributed by atoms with Crippen LogP contribution in [-0.4, -0.2) is 61.7 Å². The highest BCUT2D eigenvalue weighted by Gasteiger charge is 2.58. The summed E-state index contributed by atoms with van der Waals surface area (Å²) in [6.45, 7) is 5.88. The van der Waals surface area contributed by atoms with Crippen LogP contribution in [0.25, 0.3) is 11.2 Å². The molecule has 32 heavy (non-hydrogen) atoms. The first kappa shape index (κ1) is 21.5. The van der Waals surface area contributed by atoms with Crippen LogP contribution in [0.5, 0.6) is 0 Å². The smallest absolute Gasteiger partial charge is 0.251 e. The Labute approximate surface area is 196 Å². The summed E-state index contributed by atoms with van der Waals surface area (Å²) in [4.78, 5) is 26.0. The number of nitrogens with zero attached hydrogens (tertiary/aromatic N) is 5. The number of carbonyl (C=O) groups excluding carboxylic acids is 1. The number of fused-ring (bicyclic) bond motifs is 2. The number of rotatable bonds is 5. The van der Waals surface area contributed by atoms with Crippen molar-refractivity contribution in [1.29, 1.82) is 0 Å². The third-order valence-corrected chi connectivity index (χ3v) is 5.79. The zero-order valence-electron chi connectivity index (χ0n) is 17.8. The highest BCUT2D eigenvalue weighted by atomic mass is 127. The van der Waals surface area contributed by atoms with E-state index < -0.39 is 30.3 Å². The number of anilines is 1. The third kappa shape index (κ3) is 3.72. The van der Waals surface area contributed by atoms with Gasteiger partial charge in [-0.25, -0.2) is 15.0 Å². The molecule has 2 aliphatic heterocycles. The number of hydrogen-bond acceptors (Lipinski definition) is 10. The van der Waals surface area contributed by atoms with Crippen molar-refractivity contribution in [3.8, 4) is 0 Å². The number of imidazole rings is 1. The quantitative estimate of drug-likeness (QED) is 0.352. The molecule has 13 heteroatoms. The van der Waals surface area contributed by atoms with Gasteiger partial charge in [0, 0.05) is 35.7 Å². The number of aryl methyl sites for hydroxylation is 1. The van der Waals surface area contributed by atoms with Crippen LogP contribution in [0, 0.1) is 10.8 Å². The molecule has 0 radical (unpaired) electrons. The molecule has 0 unspecified atom stereocenters. The second-order valence-corrected chi connectivity index (χ2v) is 9.04. The van der Waals surface area contributed by atoms with Gasteiger partial charge in [0.15, 0.2) is 44.7 Å². The number of aromatic nitrogens is 5. The Balaban J connectivity index is 1.49. The fourth-order valence-corrected chi connectivity index (χ4v) is 4.49. The summed E-state index contributed by atoms with van der Waals surface area (Å²) in [5.41, 5.74) is 1.91. The Morgan fingerprint density at radius 3 is 2.78 bits per heavy atom. The summed E-state index contributed by atoms with van der Waals surface area (Å²) in [6.07, 6.45) is -0.916. The van der Waals surface area contributed by atoms with Crippen LogP contribution in [0.1, 0.15) is 31.5 Å². The van der Waals surface area contributed by atoms with Crippen molar-refractivity contribution in [3.63, 3.8) is 0 Å². The number of halogens is 1. The summed E-state index contributed by atoms with van der Waals surface area (Å²) in [7, 11) is 1.56. The number of nitrogens with one attached hydrogen (secondary N) is 2. The second-order valence-electron chi connectivity index (χ2n) is 8.08. The van der Waals surface area contributed by atoms with Crippen molar-refractivity contribution in [2.24, 2.45) is 0 Å². The Bertz CT molecular complexity index is 1180. The summed E-state index contributed by atoms with van der Waals surface area (Å²) < 4.78 is 25.7. The van der Waals surface area contributed by atoms with E-state index in [4.69, 9.17) is 18.7 Å². The molecule has 1 amide bonds. The van der Waals surface area contributed by atoms with Gasteiger partial charge in [0.25, 0.3) is 5.91 Å². The van der Waals surface area contributed by atoms with Gasteiger partial charge in [0.1, 0.15) is 12.2 Å². The number of carbonyl (C=O) groups is 1. The molecule has 170 valence electrons. The van der Waals surface area contributed by atoms with Gasteiger partial charge in [-0.15, -0.1) is 0 Å². The molecule has 0 bridgehead atoms. The molecular weight excluding hydrogens is 533 g/mol. The molecule has 2 fully saturated rings. The van der Waals surface area contributed by atoms with Gasteiger partial charge in [-0.1, -0.05) is 5.16 Å². The Hall–Kier alpha value is -2.36. The van der Waals surface area contributed by atoms with E-state index >= 15 is 0 Å². The highest BCUT2D eigenvalue weighted by Crippen LogP contribution is 2.44. The zero-order chi connectivity index (χ0) is 22.6. The van der Waals surface area contributed by atoms with Crippen molar-refractivity contribution in [1.82, 2.24) is 30.0 Å². The van der Waals surface area contributed by atoms with Crippen LogP contribution in [0.2, 0.25) is 0 Å². The van der Waals surface area contributed by atoms with E-state index in [2.05, 4.69) is 30.7 Å². The standard InChI is InChI=1S/C19H22IN7O5/c1-8-5-9(32-26-8)6-22-14-10-15(25-18(20)24-14)27(7-23-10)17-13-11(30-19(2,3)31-13)12(29-17)16(28)21-4/h5,7,11-13,17H,6H2,1-4H3,(H,21,28)(H,22,24,25)/t11-,12+,13-,17-/m1/s1. The molecule has 12 nitrogen and oxygen atoms in total. The van der Waals surface area contributed by atoms with Crippen molar-refractivity contribution < 1.29 is 23.5 Å². The normalized spacial score (nSPS) is 26.4. The molecule has 4 atom stereocenters. The molecule has 5 rings (SSSR count). The lowest BCUT2D eigenvalue weighted by molar-refractivity contribution is -0.197. The van der Waals surface area contributed by atoms with E-state index in [1.807, 2.05) is 49.4 Å². The summed E-state index contributed by atoms with van der Waals surface area (Å²) in [5, 5.41) is 9.75. The van der Waals surface area contributed by atoms with E-state index in [1.54, 1.807) is 17.9 Å². The average molecular weight is 555 g/mol. The van der Waals surface area contributed by atoms with E-state index in [-0.39, 0.29) is 5.91 Å². The van der Waals surface area contributed by atoms with Gasteiger partial charge < -0.3 is 29.4 Å². The van der Waals surface area contributed by atoms with Gasteiger partial charge in [-0.3, -0.25) is 9.36 Å². The molecule has 2 N–H and O–H groups in total. The van der Waals surface area contributed by atoms with Gasteiger partial charge in [-0.2, -0.15) is 0 Å². The summed E-state index contributed by atoms with van der Waals surface area (Å²) in [6, 6.07) is 1.85. The first-order valence-electron chi connectivity index (χ1n) is 10.0. The molecular formula is C19H22IN7O5. The van der Waals surface area contributed by atoms with Crippen molar-refractivity contribution in [3.05, 3.63) is 27.7 Å². The summed E-state index contributed by atoms with van der Waals surface area (Å²) in [5.74, 6) is 0.110. The van der Waals surface area contributed by atoms with Crippen LogP contribution in [0.15, 0.2) is 16.9 Å². The van der Waals surface area contributed by atoms with E-state index in [9.17, 15) is 4.79 Å². The lowest BCUT2D eigenvalue weighted by Gasteiger charge is -2.24. The lowest BCUT2D eigenvalue weighted by Crippen LogP contribution is -2.41. The molecule has 0 aromatic carbocycles. The van der Waals surface area contributed by atoms with Crippen LogP contribution >= 0.6 is 22.6 Å². The van der Waals surface area contributed by atoms with Crippen LogP contribution in [0.3, 0.4) is 0 Å². The second kappa shape index (κ2) is 7.90. The average Bonchev–Trinajstić information content (AvgIpc) is 3.48. The van der Waals surface area contributed by atoms with Crippen molar-refractivity contribution in [2.75, 3.05) is 12.4 Å². The maximum atomic E-state index is 12.4. The lowest BCUT2D eigenvalue weighted by atomic mass is 10.1. The molecule has 5 heterocycles. The van der Waals surface area contributed by atoms with E-state index in [0.29, 0.717) is 33.1 Å². The predicted octanol–water partition coefficient (Wildman–Crippen LogP) is 1.50. The van der Waals surface area contributed by atoms with Crippen LogP contribution in [0.4, 0.5) is 5.82 Å². The Kier molecular flexibility index (Phi) is 5.30. The number of hydrogen-bond donors (Lipinski definition) is 2. The van der Waals surface area contributed by atoms with Crippen molar-refractivity contribution >= 4 is 45.5 Å². The van der Waals surface area contributed by atoms with Gasteiger partial charge in [0.05, 0.1) is 18.6 Å². The van der Waals surface area contributed by atoms with Crippen LogP contribution < -0.4 is 10.6 Å². The molecule has 3 aromatic heterocycles. The molecule has 0 spiro atoms. The molecule has 0 saturated carbocycles. The minimum Gasteiger partial charge on any atom is -0.361 e. The highest BCUT2D eigenvalue weighted by molar-refractivity contribution is 14.1. The molecule has 3 aromatic rings. The first-order valence-corrected chi connectivity index (χ1v) is 11.1. The minimum atomic E-state index is -0.842. The number of amides is 1. The topological polar surface area (TPSA) is 138 Å². The van der Waals surface area contributed by atoms with E-state index in [1.165, 1.54) is 0 Å². The molecule has 0 aliphatic carbocycles. The van der Waals surface area contributed by atoms with Gasteiger partial charge in [0.2, 0.25) is 0 Å². The number of ether oxygens (including phenoxy) is 3. The maximum absolute atomic E-state index is 12.4. The Morgan fingerprint density at radius 1 is 1.28 bits per heavy atom. The van der Waals surface area contributed by atoms with Crippen LogP contribution in [-0.2, 0) is 25.5 Å². The number of likely N-dealkylation sites (N-methyl/N-ethyl adjacent to an activating group) is 1. The Morgan fingerprint density at radius 2 is 2.06 bits per heavy atom.